The second kappa shape index (κ2) is 10.9. The van der Waals surface area contributed by atoms with Crippen molar-refractivity contribution in [1.29, 1.82) is 0 Å². The number of aromatic nitrogens is 2. The lowest BCUT2D eigenvalue weighted by molar-refractivity contribution is 0.0593. The van der Waals surface area contributed by atoms with Crippen molar-refractivity contribution < 1.29 is 18.7 Å². The van der Waals surface area contributed by atoms with E-state index in [0.717, 1.165) is 42.5 Å². The predicted molar refractivity (Wildman–Crippen MR) is 140 cm³/mol. The molecule has 0 saturated carbocycles. The van der Waals surface area contributed by atoms with Gasteiger partial charge in [-0.1, -0.05) is 24.3 Å². The Labute approximate surface area is 217 Å². The predicted octanol–water partition coefficient (Wildman–Crippen LogP) is 4.63. The van der Waals surface area contributed by atoms with E-state index >= 15 is 0 Å². The van der Waals surface area contributed by atoms with Gasteiger partial charge in [0.1, 0.15) is 23.9 Å². The molecule has 0 N–H and O–H groups in total. The number of carbonyl (C=O) groups is 1. The molecule has 0 radical (unpaired) electrons. The first-order valence-corrected chi connectivity index (χ1v) is 12.5. The first-order chi connectivity index (χ1) is 18.0. The highest BCUT2D eigenvalue weighted by Crippen LogP contribution is 2.22. The Morgan fingerprint density at radius 2 is 1.70 bits per heavy atom. The highest BCUT2D eigenvalue weighted by atomic mass is 16.5. The Bertz CT molecular complexity index is 1350. The van der Waals surface area contributed by atoms with E-state index in [1.807, 2.05) is 52.0 Å². The highest BCUT2D eigenvalue weighted by Gasteiger charge is 2.25. The standard InChI is InChI=1S/C29H32N4O4/c1-21-27(22(2)33(30-21)23-8-5-4-6-9-23)19-31-14-16-32(17-15-31)29(34)28-13-12-26(37-28)20-36-25-11-7-10-24(18-25)35-3/h4-13,18H,14-17,19-20H2,1-3H3. The molecule has 192 valence electrons. The third-order valence-corrected chi connectivity index (χ3v) is 6.78. The summed E-state index contributed by atoms with van der Waals surface area (Å²) < 4.78 is 18.8. The van der Waals surface area contributed by atoms with E-state index in [9.17, 15) is 4.79 Å². The average molecular weight is 501 g/mol. The van der Waals surface area contributed by atoms with Gasteiger partial charge in [0.05, 0.1) is 18.5 Å². The molecule has 2 aromatic carbocycles. The summed E-state index contributed by atoms with van der Waals surface area (Å²) in [6.07, 6.45) is 0. The SMILES string of the molecule is COc1cccc(OCc2ccc(C(=O)N3CCN(Cc4c(C)nn(-c5ccccc5)c4C)CC3)o2)c1. The van der Waals surface area contributed by atoms with Crippen LogP contribution in [0.1, 0.15) is 33.3 Å². The highest BCUT2D eigenvalue weighted by molar-refractivity contribution is 5.91. The molecule has 2 aromatic heterocycles. The molecule has 8 nitrogen and oxygen atoms in total. The molecule has 0 unspecified atom stereocenters. The van der Waals surface area contributed by atoms with Crippen LogP contribution in [0.15, 0.2) is 71.1 Å². The summed E-state index contributed by atoms with van der Waals surface area (Å²) >= 11 is 0. The summed E-state index contributed by atoms with van der Waals surface area (Å²) in [7, 11) is 1.62. The maximum absolute atomic E-state index is 13.0. The molecule has 1 fully saturated rings. The van der Waals surface area contributed by atoms with Crippen LogP contribution >= 0.6 is 0 Å². The molecule has 1 amide bonds. The lowest BCUT2D eigenvalue weighted by atomic mass is 10.1. The molecule has 1 aliphatic rings. The van der Waals surface area contributed by atoms with Crippen LogP contribution in [0.5, 0.6) is 11.5 Å². The summed E-state index contributed by atoms with van der Waals surface area (Å²) in [5, 5.41) is 4.77. The molecule has 8 heteroatoms. The molecular weight excluding hydrogens is 468 g/mol. The third kappa shape index (κ3) is 5.54. The normalized spacial score (nSPS) is 14.1. The fraction of sp³-hybridized carbons (Fsp3) is 0.310. The van der Waals surface area contributed by atoms with Gasteiger partial charge in [-0.2, -0.15) is 5.10 Å². The number of amides is 1. The Morgan fingerprint density at radius 3 is 2.46 bits per heavy atom. The van der Waals surface area contributed by atoms with E-state index in [2.05, 4.69) is 30.9 Å². The van der Waals surface area contributed by atoms with E-state index in [1.54, 1.807) is 19.2 Å². The first kappa shape index (κ1) is 24.6. The zero-order chi connectivity index (χ0) is 25.8. The number of furan rings is 1. The molecule has 1 saturated heterocycles. The zero-order valence-electron chi connectivity index (χ0n) is 21.5. The van der Waals surface area contributed by atoms with Gasteiger partial charge >= 0.3 is 0 Å². The van der Waals surface area contributed by atoms with Gasteiger partial charge in [-0.15, -0.1) is 0 Å². The van der Waals surface area contributed by atoms with Crippen molar-refractivity contribution in [2.75, 3.05) is 33.3 Å². The van der Waals surface area contributed by atoms with Crippen molar-refractivity contribution in [3.8, 4) is 17.2 Å². The molecule has 0 aliphatic carbocycles. The van der Waals surface area contributed by atoms with Crippen LogP contribution in [0.2, 0.25) is 0 Å². The molecule has 3 heterocycles. The van der Waals surface area contributed by atoms with E-state index in [-0.39, 0.29) is 12.5 Å². The number of hydrogen-bond donors (Lipinski definition) is 0. The average Bonchev–Trinajstić information content (AvgIpc) is 3.53. The van der Waals surface area contributed by atoms with E-state index in [0.29, 0.717) is 30.4 Å². The van der Waals surface area contributed by atoms with E-state index in [4.69, 9.17) is 19.0 Å². The van der Waals surface area contributed by atoms with Crippen LogP contribution < -0.4 is 9.47 Å². The van der Waals surface area contributed by atoms with Crippen molar-refractivity contribution in [2.24, 2.45) is 0 Å². The first-order valence-electron chi connectivity index (χ1n) is 12.5. The summed E-state index contributed by atoms with van der Waals surface area (Å²) in [6, 6.07) is 21.1. The maximum atomic E-state index is 13.0. The Balaban J connectivity index is 1.15. The Hall–Kier alpha value is -4.04. The van der Waals surface area contributed by atoms with Crippen molar-refractivity contribution in [3.05, 3.63) is 95.2 Å². The van der Waals surface area contributed by atoms with E-state index < -0.39 is 0 Å². The van der Waals surface area contributed by atoms with Crippen LogP contribution in [0, 0.1) is 13.8 Å². The topological polar surface area (TPSA) is 73.0 Å². The lowest BCUT2D eigenvalue weighted by Gasteiger charge is -2.34. The largest absolute Gasteiger partial charge is 0.497 e. The van der Waals surface area contributed by atoms with Crippen molar-refractivity contribution in [1.82, 2.24) is 19.6 Å². The van der Waals surface area contributed by atoms with Gasteiger partial charge in [0.2, 0.25) is 0 Å². The van der Waals surface area contributed by atoms with Crippen LogP contribution in [0.4, 0.5) is 0 Å². The summed E-state index contributed by atoms with van der Waals surface area (Å²) in [5.41, 5.74) is 4.51. The molecule has 1 aliphatic heterocycles. The van der Waals surface area contributed by atoms with Crippen molar-refractivity contribution >= 4 is 5.91 Å². The van der Waals surface area contributed by atoms with Gasteiger partial charge in [-0.25, -0.2) is 4.68 Å². The molecule has 0 atom stereocenters. The number of hydrogen-bond acceptors (Lipinski definition) is 6. The van der Waals surface area contributed by atoms with Crippen molar-refractivity contribution in [2.45, 2.75) is 27.0 Å². The monoisotopic (exact) mass is 500 g/mol. The second-order valence-electron chi connectivity index (χ2n) is 9.20. The van der Waals surface area contributed by atoms with Crippen LogP contribution in [0.3, 0.4) is 0 Å². The Morgan fingerprint density at radius 1 is 0.946 bits per heavy atom. The van der Waals surface area contributed by atoms with Crippen LogP contribution in [-0.2, 0) is 13.2 Å². The summed E-state index contributed by atoms with van der Waals surface area (Å²) in [4.78, 5) is 17.3. The van der Waals surface area contributed by atoms with Gasteiger partial charge in [-0.05, 0) is 50.2 Å². The fourth-order valence-corrected chi connectivity index (χ4v) is 4.63. The fourth-order valence-electron chi connectivity index (χ4n) is 4.63. The van der Waals surface area contributed by atoms with E-state index in [1.165, 1.54) is 5.56 Å². The van der Waals surface area contributed by atoms with Crippen LogP contribution in [0.25, 0.3) is 5.69 Å². The number of para-hydroxylation sites is 1. The van der Waals surface area contributed by atoms with Gasteiger partial charge in [-0.3, -0.25) is 9.69 Å². The number of aryl methyl sites for hydroxylation is 1. The molecule has 5 rings (SSSR count). The summed E-state index contributed by atoms with van der Waals surface area (Å²) in [5.74, 6) is 2.26. The number of benzene rings is 2. The number of methoxy groups -OCH3 is 1. The number of carbonyl (C=O) groups excluding carboxylic acids is 1. The van der Waals surface area contributed by atoms with Gasteiger partial charge in [0.15, 0.2) is 5.76 Å². The minimum atomic E-state index is -0.0865. The molecule has 0 spiro atoms. The summed E-state index contributed by atoms with van der Waals surface area (Å²) in [6.45, 7) is 8.15. The number of nitrogens with zero attached hydrogens (tertiary/aromatic N) is 4. The third-order valence-electron chi connectivity index (χ3n) is 6.78. The number of ether oxygens (including phenoxy) is 2. The van der Waals surface area contributed by atoms with Gasteiger partial charge in [0.25, 0.3) is 5.91 Å². The second-order valence-corrected chi connectivity index (χ2v) is 9.20. The smallest absolute Gasteiger partial charge is 0.289 e. The minimum Gasteiger partial charge on any atom is -0.497 e. The number of piperazine rings is 1. The quantitative estimate of drug-likeness (QED) is 0.351. The minimum absolute atomic E-state index is 0.0865. The zero-order valence-corrected chi connectivity index (χ0v) is 21.5. The van der Waals surface area contributed by atoms with Gasteiger partial charge < -0.3 is 18.8 Å². The lowest BCUT2D eigenvalue weighted by Crippen LogP contribution is -2.48. The van der Waals surface area contributed by atoms with Crippen LogP contribution in [-0.4, -0.2) is 58.8 Å². The molecular formula is C29H32N4O4. The van der Waals surface area contributed by atoms with Crippen molar-refractivity contribution in [3.63, 3.8) is 0 Å². The molecule has 0 bridgehead atoms. The van der Waals surface area contributed by atoms with Gasteiger partial charge in [0, 0.05) is 50.0 Å². The molecule has 4 aromatic rings. The Kier molecular flexibility index (Phi) is 7.28. The number of rotatable bonds is 8. The maximum Gasteiger partial charge on any atom is 0.289 e. The molecule has 37 heavy (non-hydrogen) atoms.